The van der Waals surface area contributed by atoms with Crippen LogP contribution in [0.4, 0.5) is 0 Å². The summed E-state index contributed by atoms with van der Waals surface area (Å²) in [6.07, 6.45) is 19.4. The molecule has 0 aromatic rings. The number of carbonyl (C=O) groups is 1. The monoisotopic (exact) mass is 360 g/mol. The normalized spacial score (nSPS) is 12.9. The lowest BCUT2D eigenvalue weighted by Gasteiger charge is -2.06. The summed E-state index contributed by atoms with van der Waals surface area (Å²) >= 11 is 3.75. The van der Waals surface area contributed by atoms with Crippen LogP contribution in [0.2, 0.25) is 0 Å². The van der Waals surface area contributed by atoms with Crippen LogP contribution in [0.25, 0.3) is 0 Å². The molecule has 0 saturated carbocycles. The predicted octanol–water partition coefficient (Wildman–Crippen LogP) is 6.48. The van der Waals surface area contributed by atoms with Crippen LogP contribution < -0.4 is 0 Å². The molecule has 0 aliphatic rings. The Kier molecular flexibility index (Phi) is 15.8. The molecular weight excluding hydrogens is 328 g/mol. The average molecular weight is 361 g/mol. The van der Waals surface area contributed by atoms with Crippen molar-refractivity contribution < 1.29 is 9.90 Å². The SMILES string of the molecule is CCCCCCC(Br)C/C=C\CCCCCCCC(=O)O. The van der Waals surface area contributed by atoms with Gasteiger partial charge in [-0.1, -0.05) is 80.0 Å². The third kappa shape index (κ3) is 17.6. The van der Waals surface area contributed by atoms with E-state index in [2.05, 4.69) is 35.0 Å². The van der Waals surface area contributed by atoms with E-state index in [1.165, 1.54) is 51.4 Å². The minimum absolute atomic E-state index is 0.324. The minimum atomic E-state index is -0.669. The molecule has 0 aromatic heterocycles. The summed E-state index contributed by atoms with van der Waals surface area (Å²) in [6, 6.07) is 0. The highest BCUT2D eigenvalue weighted by atomic mass is 79.9. The first kappa shape index (κ1) is 20.7. The van der Waals surface area contributed by atoms with Gasteiger partial charge >= 0.3 is 5.97 Å². The summed E-state index contributed by atoms with van der Waals surface area (Å²) in [7, 11) is 0. The molecule has 0 aliphatic carbocycles. The van der Waals surface area contributed by atoms with Gasteiger partial charge in [-0.3, -0.25) is 4.79 Å². The predicted molar refractivity (Wildman–Crippen MR) is 95.2 cm³/mol. The van der Waals surface area contributed by atoms with E-state index in [0.29, 0.717) is 11.2 Å². The fourth-order valence-corrected chi connectivity index (χ4v) is 2.88. The van der Waals surface area contributed by atoms with Gasteiger partial charge in [0.05, 0.1) is 0 Å². The van der Waals surface area contributed by atoms with Gasteiger partial charge in [-0.05, 0) is 32.1 Å². The Hall–Kier alpha value is -0.310. The number of aliphatic carboxylic acids is 1. The molecule has 124 valence electrons. The quantitative estimate of drug-likeness (QED) is 0.206. The summed E-state index contributed by atoms with van der Waals surface area (Å²) in [4.78, 5) is 11.0. The lowest BCUT2D eigenvalue weighted by molar-refractivity contribution is -0.137. The van der Waals surface area contributed by atoms with Crippen LogP contribution in [0.1, 0.15) is 90.4 Å². The maximum Gasteiger partial charge on any atom is 0.303 e. The zero-order valence-corrected chi connectivity index (χ0v) is 15.2. The smallest absolute Gasteiger partial charge is 0.303 e. The highest BCUT2D eigenvalue weighted by Crippen LogP contribution is 2.16. The topological polar surface area (TPSA) is 37.3 Å². The number of alkyl halides is 1. The van der Waals surface area contributed by atoms with E-state index in [9.17, 15) is 4.79 Å². The second-order valence-corrected chi connectivity index (χ2v) is 7.15. The van der Waals surface area contributed by atoms with Crippen LogP contribution in [0.15, 0.2) is 12.2 Å². The molecule has 0 aromatic carbocycles. The number of carboxylic acids is 1. The van der Waals surface area contributed by atoms with Gasteiger partial charge in [0.15, 0.2) is 0 Å². The van der Waals surface area contributed by atoms with E-state index < -0.39 is 5.97 Å². The number of carboxylic acid groups (broad SMARTS) is 1. The average Bonchev–Trinajstić information content (AvgIpc) is 2.45. The Labute approximate surface area is 139 Å². The Bertz CT molecular complexity index is 264. The highest BCUT2D eigenvalue weighted by Gasteiger charge is 2.00. The zero-order valence-electron chi connectivity index (χ0n) is 13.7. The largest absolute Gasteiger partial charge is 0.481 e. The van der Waals surface area contributed by atoms with Crippen LogP contribution in [0, 0.1) is 0 Å². The van der Waals surface area contributed by atoms with Gasteiger partial charge in [0.25, 0.3) is 0 Å². The molecule has 0 rings (SSSR count). The van der Waals surface area contributed by atoms with Gasteiger partial charge in [-0.2, -0.15) is 0 Å². The Morgan fingerprint density at radius 1 is 1.00 bits per heavy atom. The Morgan fingerprint density at radius 3 is 2.38 bits per heavy atom. The molecule has 0 bridgehead atoms. The molecule has 1 unspecified atom stereocenters. The van der Waals surface area contributed by atoms with E-state index in [1.54, 1.807) is 0 Å². The van der Waals surface area contributed by atoms with E-state index >= 15 is 0 Å². The Morgan fingerprint density at radius 2 is 1.67 bits per heavy atom. The Balaban J connectivity index is 3.26. The zero-order chi connectivity index (χ0) is 15.8. The van der Waals surface area contributed by atoms with Gasteiger partial charge in [0, 0.05) is 11.2 Å². The molecule has 0 heterocycles. The first-order chi connectivity index (χ1) is 10.2. The summed E-state index contributed by atoms with van der Waals surface area (Å²) in [5.74, 6) is -0.669. The van der Waals surface area contributed by atoms with Crippen molar-refractivity contribution in [3.05, 3.63) is 12.2 Å². The molecule has 0 fully saturated rings. The molecule has 0 amide bonds. The first-order valence-corrected chi connectivity index (χ1v) is 9.59. The molecule has 2 nitrogen and oxygen atoms in total. The van der Waals surface area contributed by atoms with Crippen molar-refractivity contribution in [3.8, 4) is 0 Å². The second kappa shape index (κ2) is 16.1. The first-order valence-electron chi connectivity index (χ1n) is 8.67. The van der Waals surface area contributed by atoms with E-state index in [0.717, 1.165) is 25.7 Å². The minimum Gasteiger partial charge on any atom is -0.481 e. The number of hydrogen-bond acceptors (Lipinski definition) is 1. The highest BCUT2D eigenvalue weighted by molar-refractivity contribution is 9.09. The van der Waals surface area contributed by atoms with Gasteiger partial charge in [-0.25, -0.2) is 0 Å². The summed E-state index contributed by atoms with van der Waals surface area (Å²) < 4.78 is 0. The molecule has 0 radical (unpaired) electrons. The van der Waals surface area contributed by atoms with Gasteiger partial charge in [0.2, 0.25) is 0 Å². The van der Waals surface area contributed by atoms with Gasteiger partial charge in [0.1, 0.15) is 0 Å². The number of unbranched alkanes of at least 4 members (excludes halogenated alkanes) is 8. The van der Waals surface area contributed by atoms with Crippen molar-refractivity contribution in [3.63, 3.8) is 0 Å². The molecule has 1 N–H and O–H groups in total. The molecule has 3 heteroatoms. The van der Waals surface area contributed by atoms with Crippen LogP contribution in [0.3, 0.4) is 0 Å². The van der Waals surface area contributed by atoms with Crippen molar-refractivity contribution in [2.75, 3.05) is 0 Å². The van der Waals surface area contributed by atoms with E-state index in [1.807, 2.05) is 0 Å². The fraction of sp³-hybridized carbons (Fsp3) is 0.833. The second-order valence-electron chi connectivity index (χ2n) is 5.85. The molecule has 1 atom stereocenters. The van der Waals surface area contributed by atoms with Crippen LogP contribution in [0.5, 0.6) is 0 Å². The number of rotatable bonds is 15. The van der Waals surface area contributed by atoms with Crippen molar-refractivity contribution >= 4 is 21.9 Å². The van der Waals surface area contributed by atoms with Gasteiger partial charge in [-0.15, -0.1) is 0 Å². The van der Waals surface area contributed by atoms with Crippen LogP contribution in [-0.4, -0.2) is 15.9 Å². The van der Waals surface area contributed by atoms with E-state index in [-0.39, 0.29) is 0 Å². The number of hydrogen-bond donors (Lipinski definition) is 1. The molecule has 21 heavy (non-hydrogen) atoms. The van der Waals surface area contributed by atoms with Crippen LogP contribution in [-0.2, 0) is 4.79 Å². The third-order valence-electron chi connectivity index (χ3n) is 3.69. The van der Waals surface area contributed by atoms with Crippen molar-refractivity contribution in [1.82, 2.24) is 0 Å². The molecular formula is C18H33BrO2. The van der Waals surface area contributed by atoms with Gasteiger partial charge < -0.3 is 5.11 Å². The van der Waals surface area contributed by atoms with Crippen molar-refractivity contribution in [2.45, 2.75) is 95.2 Å². The van der Waals surface area contributed by atoms with E-state index in [4.69, 9.17) is 5.11 Å². The maximum absolute atomic E-state index is 10.3. The number of allylic oxidation sites excluding steroid dienone is 2. The fourth-order valence-electron chi connectivity index (χ4n) is 2.34. The summed E-state index contributed by atoms with van der Waals surface area (Å²) in [5.41, 5.74) is 0. The molecule has 0 saturated heterocycles. The third-order valence-corrected chi connectivity index (χ3v) is 4.52. The lowest BCUT2D eigenvalue weighted by Crippen LogP contribution is -1.95. The summed E-state index contributed by atoms with van der Waals surface area (Å²) in [6.45, 7) is 2.25. The van der Waals surface area contributed by atoms with Crippen molar-refractivity contribution in [1.29, 1.82) is 0 Å². The van der Waals surface area contributed by atoms with Crippen LogP contribution >= 0.6 is 15.9 Å². The number of halogens is 1. The molecule has 0 aliphatic heterocycles. The maximum atomic E-state index is 10.3. The van der Waals surface area contributed by atoms with Crippen molar-refractivity contribution in [2.24, 2.45) is 0 Å². The lowest BCUT2D eigenvalue weighted by atomic mass is 10.1. The summed E-state index contributed by atoms with van der Waals surface area (Å²) in [5, 5.41) is 8.53. The standard InChI is InChI=1S/C18H33BrO2/c1-2-3-4-11-14-17(19)15-12-9-7-5-6-8-10-13-16-18(20)21/h9,12,17H,2-8,10-11,13-16H2,1H3,(H,20,21)/b12-9-. The molecule has 0 spiro atoms.